The molecule has 0 bridgehead atoms. The van der Waals surface area contributed by atoms with Crippen LogP contribution in [0.5, 0.6) is 11.5 Å². The van der Waals surface area contributed by atoms with Gasteiger partial charge in [-0.25, -0.2) is 8.42 Å². The molecule has 0 saturated carbocycles. The molecule has 6 nitrogen and oxygen atoms in total. The highest BCUT2D eigenvalue weighted by atomic mass is 32.2. The Hall–Kier alpha value is -2.09. The van der Waals surface area contributed by atoms with Crippen LogP contribution >= 0.6 is 0 Å². The van der Waals surface area contributed by atoms with Gasteiger partial charge in [0.1, 0.15) is 11.5 Å². The lowest BCUT2D eigenvalue weighted by molar-refractivity contribution is 0.155. The fourth-order valence-corrected chi connectivity index (χ4v) is 3.59. The summed E-state index contributed by atoms with van der Waals surface area (Å²) in [4.78, 5) is 0.151. The zero-order valence-corrected chi connectivity index (χ0v) is 16.2. The van der Waals surface area contributed by atoms with Crippen molar-refractivity contribution in [2.24, 2.45) is 0 Å². The molecule has 0 aliphatic heterocycles. The third-order valence-corrected chi connectivity index (χ3v) is 5.67. The van der Waals surface area contributed by atoms with Crippen molar-refractivity contribution in [3.8, 4) is 11.5 Å². The van der Waals surface area contributed by atoms with Crippen molar-refractivity contribution in [3.05, 3.63) is 54.1 Å². The number of nitrogens with zero attached hydrogens (tertiary/aromatic N) is 1. The molecular weight excluding hydrogens is 354 g/mol. The van der Waals surface area contributed by atoms with Crippen molar-refractivity contribution in [2.75, 3.05) is 20.7 Å². The van der Waals surface area contributed by atoms with E-state index in [0.29, 0.717) is 17.1 Å². The van der Waals surface area contributed by atoms with Gasteiger partial charge in [-0.15, -0.1) is 0 Å². The maximum absolute atomic E-state index is 12.7. The minimum atomic E-state index is -3.71. The van der Waals surface area contributed by atoms with Crippen LogP contribution in [0.25, 0.3) is 0 Å². The average molecular weight is 379 g/mol. The van der Waals surface area contributed by atoms with E-state index in [1.54, 1.807) is 43.5 Å². The van der Waals surface area contributed by atoms with E-state index in [9.17, 15) is 13.5 Å². The molecule has 0 amide bonds. The second-order valence-electron chi connectivity index (χ2n) is 6.21. The van der Waals surface area contributed by atoms with Gasteiger partial charge in [-0.1, -0.05) is 12.1 Å². The lowest BCUT2D eigenvalue weighted by atomic mass is 10.1. The minimum Gasteiger partial charge on any atom is -0.497 e. The van der Waals surface area contributed by atoms with Gasteiger partial charge >= 0.3 is 0 Å². The third kappa shape index (κ3) is 4.97. The van der Waals surface area contributed by atoms with Gasteiger partial charge in [-0.05, 0) is 55.8 Å². The average Bonchev–Trinajstić information content (AvgIpc) is 2.61. The van der Waals surface area contributed by atoms with Gasteiger partial charge in [0, 0.05) is 13.6 Å². The minimum absolute atomic E-state index is 0.0137. The van der Waals surface area contributed by atoms with Crippen molar-refractivity contribution in [1.82, 2.24) is 4.31 Å². The van der Waals surface area contributed by atoms with Gasteiger partial charge in [-0.2, -0.15) is 4.31 Å². The lowest BCUT2D eigenvalue weighted by Crippen LogP contribution is -2.31. The van der Waals surface area contributed by atoms with Crippen LogP contribution in [0.3, 0.4) is 0 Å². The SMILES string of the molecule is COc1ccc(C(O)CN(C)S(=O)(=O)c2ccc(OC(C)C)cc2)cc1. The molecule has 0 saturated heterocycles. The Bertz CT molecular complexity index is 801. The fraction of sp³-hybridized carbons (Fsp3) is 0.368. The van der Waals surface area contributed by atoms with E-state index in [1.165, 1.54) is 19.2 Å². The first-order valence-electron chi connectivity index (χ1n) is 8.29. The fourth-order valence-electron chi connectivity index (χ4n) is 2.42. The number of hydrogen-bond donors (Lipinski definition) is 1. The highest BCUT2D eigenvalue weighted by molar-refractivity contribution is 7.89. The molecule has 0 heterocycles. The molecule has 7 heteroatoms. The standard InChI is InChI=1S/C19H25NO5S/c1-14(2)25-17-9-11-18(12-10-17)26(22,23)20(3)13-19(21)15-5-7-16(24-4)8-6-15/h5-12,14,19,21H,13H2,1-4H3. The second kappa shape index (κ2) is 8.53. The Morgan fingerprint density at radius 1 is 1.00 bits per heavy atom. The summed E-state index contributed by atoms with van der Waals surface area (Å²) in [5.74, 6) is 1.28. The van der Waals surface area contributed by atoms with E-state index in [4.69, 9.17) is 9.47 Å². The van der Waals surface area contributed by atoms with Gasteiger partial charge in [0.15, 0.2) is 0 Å². The Morgan fingerprint density at radius 2 is 1.54 bits per heavy atom. The number of ether oxygens (including phenoxy) is 2. The summed E-state index contributed by atoms with van der Waals surface area (Å²) in [6.45, 7) is 3.75. The number of likely N-dealkylation sites (N-methyl/N-ethyl adjacent to an activating group) is 1. The predicted octanol–water partition coefficient (Wildman–Crippen LogP) is 2.84. The zero-order chi connectivity index (χ0) is 19.3. The number of benzene rings is 2. The molecule has 2 aromatic carbocycles. The quantitative estimate of drug-likeness (QED) is 0.763. The van der Waals surface area contributed by atoms with E-state index in [-0.39, 0.29) is 17.5 Å². The number of rotatable bonds is 8. The molecule has 2 aromatic rings. The number of hydrogen-bond acceptors (Lipinski definition) is 5. The molecule has 0 aliphatic rings. The molecule has 0 aromatic heterocycles. The van der Waals surface area contributed by atoms with Crippen molar-refractivity contribution >= 4 is 10.0 Å². The Morgan fingerprint density at radius 3 is 2.04 bits per heavy atom. The highest BCUT2D eigenvalue weighted by Gasteiger charge is 2.23. The molecular formula is C19H25NO5S. The predicted molar refractivity (Wildman–Crippen MR) is 100.0 cm³/mol. The smallest absolute Gasteiger partial charge is 0.242 e. The van der Waals surface area contributed by atoms with Crippen LogP contribution in [-0.4, -0.2) is 44.6 Å². The summed E-state index contributed by atoms with van der Waals surface area (Å²) in [6.07, 6.45) is -0.927. The number of methoxy groups -OCH3 is 1. The molecule has 142 valence electrons. The highest BCUT2D eigenvalue weighted by Crippen LogP contribution is 2.23. The summed E-state index contributed by atoms with van der Waals surface area (Å²) in [7, 11) is -0.703. The van der Waals surface area contributed by atoms with Crippen molar-refractivity contribution in [2.45, 2.75) is 31.0 Å². The Kier molecular flexibility index (Phi) is 6.63. The number of sulfonamides is 1. The van der Waals surface area contributed by atoms with E-state index in [2.05, 4.69) is 0 Å². The first kappa shape index (κ1) is 20.2. The van der Waals surface area contributed by atoms with Crippen molar-refractivity contribution < 1.29 is 23.0 Å². The Balaban J connectivity index is 2.09. The second-order valence-corrected chi connectivity index (χ2v) is 8.26. The van der Waals surface area contributed by atoms with E-state index >= 15 is 0 Å². The van der Waals surface area contributed by atoms with E-state index in [1.807, 2.05) is 13.8 Å². The largest absolute Gasteiger partial charge is 0.497 e. The first-order chi connectivity index (χ1) is 12.2. The molecule has 1 unspecified atom stereocenters. The third-order valence-electron chi connectivity index (χ3n) is 3.83. The summed E-state index contributed by atoms with van der Waals surface area (Å²) < 4.78 is 37.1. The zero-order valence-electron chi connectivity index (χ0n) is 15.4. The Labute approximate surface area is 155 Å². The monoisotopic (exact) mass is 379 g/mol. The summed E-state index contributed by atoms with van der Waals surface area (Å²) >= 11 is 0. The lowest BCUT2D eigenvalue weighted by Gasteiger charge is -2.21. The molecule has 0 spiro atoms. The van der Waals surface area contributed by atoms with Gasteiger partial charge in [0.25, 0.3) is 0 Å². The van der Waals surface area contributed by atoms with Crippen LogP contribution in [-0.2, 0) is 10.0 Å². The number of aliphatic hydroxyl groups excluding tert-OH is 1. The van der Waals surface area contributed by atoms with Crippen molar-refractivity contribution in [1.29, 1.82) is 0 Å². The molecule has 0 radical (unpaired) electrons. The van der Waals surface area contributed by atoms with Crippen LogP contribution < -0.4 is 9.47 Å². The van der Waals surface area contributed by atoms with E-state index in [0.717, 1.165) is 4.31 Å². The first-order valence-corrected chi connectivity index (χ1v) is 9.73. The molecule has 0 aliphatic carbocycles. The van der Waals surface area contributed by atoms with Gasteiger partial charge in [-0.3, -0.25) is 0 Å². The molecule has 1 N–H and O–H groups in total. The van der Waals surface area contributed by atoms with Crippen LogP contribution in [0, 0.1) is 0 Å². The number of aliphatic hydroxyl groups is 1. The molecule has 1 atom stereocenters. The van der Waals surface area contributed by atoms with E-state index < -0.39 is 16.1 Å². The topological polar surface area (TPSA) is 76.1 Å². The van der Waals surface area contributed by atoms with Gasteiger partial charge < -0.3 is 14.6 Å². The van der Waals surface area contributed by atoms with Crippen LogP contribution in [0.1, 0.15) is 25.5 Å². The summed E-state index contributed by atoms with van der Waals surface area (Å²) in [5, 5.41) is 10.3. The summed E-state index contributed by atoms with van der Waals surface area (Å²) in [5.41, 5.74) is 0.619. The molecule has 2 rings (SSSR count). The molecule has 26 heavy (non-hydrogen) atoms. The summed E-state index contributed by atoms with van der Waals surface area (Å²) in [6, 6.07) is 13.1. The van der Waals surface area contributed by atoms with Gasteiger partial charge in [0.2, 0.25) is 10.0 Å². The molecule has 0 fully saturated rings. The maximum Gasteiger partial charge on any atom is 0.242 e. The van der Waals surface area contributed by atoms with Crippen LogP contribution in [0.4, 0.5) is 0 Å². The normalized spacial score (nSPS) is 13.0. The van der Waals surface area contributed by atoms with Crippen LogP contribution in [0.2, 0.25) is 0 Å². The maximum atomic E-state index is 12.7. The van der Waals surface area contributed by atoms with Crippen LogP contribution in [0.15, 0.2) is 53.4 Å². The van der Waals surface area contributed by atoms with Gasteiger partial charge in [0.05, 0.1) is 24.2 Å². The van der Waals surface area contributed by atoms with Crippen molar-refractivity contribution in [3.63, 3.8) is 0 Å².